The van der Waals surface area contributed by atoms with Crippen LogP contribution in [0.2, 0.25) is 10.0 Å². The molecule has 1 aromatic rings. The lowest BCUT2D eigenvalue weighted by Gasteiger charge is -2.21. The third-order valence-corrected chi connectivity index (χ3v) is 2.82. The van der Waals surface area contributed by atoms with Crippen molar-refractivity contribution in [1.29, 1.82) is 0 Å². The van der Waals surface area contributed by atoms with E-state index < -0.39 is 12.5 Å². The fraction of sp³-hybridized carbons (Fsp3) is 0.455. The lowest BCUT2D eigenvalue weighted by Crippen LogP contribution is -2.29. The summed E-state index contributed by atoms with van der Waals surface area (Å²) >= 11 is 11.6. The van der Waals surface area contributed by atoms with Crippen LogP contribution in [0.1, 0.15) is 11.7 Å². The van der Waals surface area contributed by atoms with Crippen molar-refractivity contribution in [1.82, 2.24) is 4.90 Å². The minimum absolute atomic E-state index is 0.0890. The summed E-state index contributed by atoms with van der Waals surface area (Å²) in [5.74, 6) is 0. The van der Waals surface area contributed by atoms with Gasteiger partial charge in [-0.3, -0.25) is 4.90 Å². The molecule has 0 bridgehead atoms. The molecule has 1 atom stereocenters. The molecule has 0 spiro atoms. The summed E-state index contributed by atoms with van der Waals surface area (Å²) in [4.78, 5) is 1.35. The van der Waals surface area contributed by atoms with Crippen LogP contribution in [0.3, 0.4) is 0 Å². The molecule has 1 unspecified atom stereocenters. The molecule has 1 N–H and O–H groups in total. The number of hydrogen-bond acceptors (Lipinski definition) is 2. The van der Waals surface area contributed by atoms with Crippen molar-refractivity contribution >= 4 is 23.2 Å². The first-order valence-electron chi connectivity index (χ1n) is 5.00. The van der Waals surface area contributed by atoms with Gasteiger partial charge in [-0.25, -0.2) is 8.78 Å². The van der Waals surface area contributed by atoms with Gasteiger partial charge < -0.3 is 5.11 Å². The summed E-state index contributed by atoms with van der Waals surface area (Å²) in [5, 5.41) is 10.7. The fourth-order valence-corrected chi connectivity index (χ4v) is 2.01. The highest BCUT2D eigenvalue weighted by Gasteiger charge is 2.16. The fourth-order valence-electron chi connectivity index (χ4n) is 1.48. The number of aliphatic hydroxyl groups excluding tert-OH is 1. The van der Waals surface area contributed by atoms with Crippen molar-refractivity contribution in [2.45, 2.75) is 12.5 Å². The molecule has 0 saturated heterocycles. The number of halogens is 4. The summed E-state index contributed by atoms with van der Waals surface area (Å²) in [6.45, 7) is -0.298. The molecule has 1 aromatic carbocycles. The Morgan fingerprint density at radius 2 is 1.94 bits per heavy atom. The molecular formula is C11H13Cl2F2NO. The summed E-state index contributed by atoms with van der Waals surface area (Å²) in [6.07, 6.45) is -3.34. The number of benzene rings is 1. The van der Waals surface area contributed by atoms with Gasteiger partial charge in [0.2, 0.25) is 0 Å². The molecular weight excluding hydrogens is 271 g/mol. The van der Waals surface area contributed by atoms with Gasteiger partial charge in [0.1, 0.15) is 0 Å². The highest BCUT2D eigenvalue weighted by molar-refractivity contribution is 6.35. The first-order valence-corrected chi connectivity index (χ1v) is 5.75. The molecule has 6 heteroatoms. The Hall–Kier alpha value is -0.420. The molecule has 96 valence electrons. The van der Waals surface area contributed by atoms with E-state index in [-0.39, 0.29) is 13.1 Å². The van der Waals surface area contributed by atoms with E-state index in [1.165, 1.54) is 18.0 Å². The molecule has 0 aliphatic heterocycles. The van der Waals surface area contributed by atoms with Crippen LogP contribution < -0.4 is 0 Å². The molecule has 1 rings (SSSR count). The number of rotatable bonds is 5. The Kier molecular flexibility index (Phi) is 5.59. The average molecular weight is 284 g/mol. The Balaban J connectivity index is 2.66. The first kappa shape index (κ1) is 14.6. The van der Waals surface area contributed by atoms with Crippen LogP contribution in [0.4, 0.5) is 8.78 Å². The Morgan fingerprint density at radius 1 is 1.29 bits per heavy atom. The van der Waals surface area contributed by atoms with E-state index in [1.807, 2.05) is 0 Å². The van der Waals surface area contributed by atoms with E-state index in [2.05, 4.69) is 0 Å². The van der Waals surface area contributed by atoms with Crippen molar-refractivity contribution in [3.8, 4) is 0 Å². The van der Waals surface area contributed by atoms with E-state index in [0.29, 0.717) is 15.6 Å². The average Bonchev–Trinajstić information content (AvgIpc) is 2.15. The molecule has 0 fully saturated rings. The van der Waals surface area contributed by atoms with Gasteiger partial charge in [0.05, 0.1) is 12.6 Å². The SMILES string of the molecule is CN(CC(F)F)CC(O)c1ccc(Cl)cc1Cl. The van der Waals surface area contributed by atoms with Gasteiger partial charge in [0, 0.05) is 22.2 Å². The third kappa shape index (κ3) is 4.76. The van der Waals surface area contributed by atoms with Gasteiger partial charge in [-0.15, -0.1) is 0 Å². The Morgan fingerprint density at radius 3 is 2.47 bits per heavy atom. The molecule has 0 radical (unpaired) electrons. The number of hydrogen-bond donors (Lipinski definition) is 1. The monoisotopic (exact) mass is 283 g/mol. The zero-order valence-electron chi connectivity index (χ0n) is 9.21. The maximum atomic E-state index is 12.1. The smallest absolute Gasteiger partial charge is 0.251 e. The normalized spacial score (nSPS) is 13.4. The van der Waals surface area contributed by atoms with Crippen molar-refractivity contribution in [3.63, 3.8) is 0 Å². The summed E-state index contributed by atoms with van der Waals surface area (Å²) in [5.41, 5.74) is 0.484. The molecule has 2 nitrogen and oxygen atoms in total. The molecule has 17 heavy (non-hydrogen) atoms. The topological polar surface area (TPSA) is 23.5 Å². The predicted octanol–water partition coefficient (Wildman–Crippen LogP) is 3.22. The molecule has 0 amide bonds. The van der Waals surface area contributed by atoms with Gasteiger partial charge in [0.15, 0.2) is 0 Å². The molecule has 0 heterocycles. The standard InChI is InChI=1S/C11H13Cl2F2NO/c1-16(6-11(14)15)5-10(17)8-3-2-7(12)4-9(8)13/h2-4,10-11,17H,5-6H2,1H3. The van der Waals surface area contributed by atoms with E-state index in [0.717, 1.165) is 0 Å². The second-order valence-electron chi connectivity index (χ2n) is 3.79. The Labute approximate surface area is 109 Å². The lowest BCUT2D eigenvalue weighted by atomic mass is 10.1. The van der Waals surface area contributed by atoms with Gasteiger partial charge in [0.25, 0.3) is 6.43 Å². The minimum Gasteiger partial charge on any atom is -0.387 e. The van der Waals surface area contributed by atoms with Gasteiger partial charge in [-0.1, -0.05) is 29.3 Å². The van der Waals surface area contributed by atoms with Crippen LogP contribution in [0.5, 0.6) is 0 Å². The van der Waals surface area contributed by atoms with E-state index in [1.54, 1.807) is 12.1 Å². The highest BCUT2D eigenvalue weighted by atomic mass is 35.5. The maximum absolute atomic E-state index is 12.1. The van der Waals surface area contributed by atoms with E-state index >= 15 is 0 Å². The number of nitrogens with zero attached hydrogens (tertiary/aromatic N) is 1. The minimum atomic E-state index is -2.42. The van der Waals surface area contributed by atoms with Crippen LogP contribution in [-0.2, 0) is 0 Å². The van der Waals surface area contributed by atoms with Crippen LogP contribution >= 0.6 is 23.2 Å². The van der Waals surface area contributed by atoms with Crippen LogP contribution in [-0.4, -0.2) is 36.6 Å². The quantitative estimate of drug-likeness (QED) is 0.897. The van der Waals surface area contributed by atoms with Crippen molar-refractivity contribution in [2.75, 3.05) is 20.1 Å². The van der Waals surface area contributed by atoms with Gasteiger partial charge in [-0.2, -0.15) is 0 Å². The molecule has 0 aliphatic rings. The molecule has 0 aromatic heterocycles. The summed E-state index contributed by atoms with van der Waals surface area (Å²) in [7, 11) is 1.51. The van der Waals surface area contributed by atoms with Gasteiger partial charge in [-0.05, 0) is 19.2 Å². The maximum Gasteiger partial charge on any atom is 0.251 e. The largest absolute Gasteiger partial charge is 0.387 e. The van der Waals surface area contributed by atoms with Crippen LogP contribution in [0, 0.1) is 0 Å². The van der Waals surface area contributed by atoms with Crippen molar-refractivity contribution in [3.05, 3.63) is 33.8 Å². The number of alkyl halides is 2. The second-order valence-corrected chi connectivity index (χ2v) is 4.64. The number of aliphatic hydroxyl groups is 1. The third-order valence-electron chi connectivity index (χ3n) is 2.26. The first-order chi connectivity index (χ1) is 7.90. The van der Waals surface area contributed by atoms with Crippen LogP contribution in [0.25, 0.3) is 0 Å². The zero-order valence-corrected chi connectivity index (χ0v) is 10.7. The summed E-state index contributed by atoms with van der Waals surface area (Å²) in [6, 6.07) is 4.69. The predicted molar refractivity (Wildman–Crippen MR) is 64.9 cm³/mol. The lowest BCUT2D eigenvalue weighted by molar-refractivity contribution is 0.0681. The Bertz CT molecular complexity index is 376. The van der Waals surface area contributed by atoms with Crippen LogP contribution in [0.15, 0.2) is 18.2 Å². The van der Waals surface area contributed by atoms with E-state index in [4.69, 9.17) is 23.2 Å². The highest BCUT2D eigenvalue weighted by Crippen LogP contribution is 2.26. The number of likely N-dealkylation sites (N-methyl/N-ethyl adjacent to an activating group) is 1. The van der Waals surface area contributed by atoms with E-state index in [9.17, 15) is 13.9 Å². The van der Waals surface area contributed by atoms with Crippen molar-refractivity contribution in [2.24, 2.45) is 0 Å². The summed E-state index contributed by atoms with van der Waals surface area (Å²) < 4.78 is 24.2. The molecule has 0 aliphatic carbocycles. The second kappa shape index (κ2) is 6.50. The molecule has 0 saturated carbocycles. The van der Waals surface area contributed by atoms with Gasteiger partial charge >= 0.3 is 0 Å². The van der Waals surface area contributed by atoms with Crippen molar-refractivity contribution < 1.29 is 13.9 Å². The zero-order chi connectivity index (χ0) is 13.0.